The number of carbonyl (C=O) groups excluding carboxylic acids is 1. The number of methoxy groups -OCH3 is 1. The Morgan fingerprint density at radius 2 is 1.81 bits per heavy atom. The lowest BCUT2D eigenvalue weighted by molar-refractivity contribution is -0.121. The first-order chi connectivity index (χ1) is 14.8. The summed E-state index contributed by atoms with van der Waals surface area (Å²) >= 11 is 0. The minimum atomic E-state index is -0.399. The van der Waals surface area contributed by atoms with E-state index in [9.17, 15) is 14.0 Å². The van der Waals surface area contributed by atoms with Crippen LogP contribution in [0.4, 0.5) is 4.39 Å². The number of nitrogens with one attached hydrogen (secondary N) is 2. The number of nitrogens with zero attached hydrogens (tertiary/aromatic N) is 2. The Morgan fingerprint density at radius 3 is 2.39 bits per heavy atom. The molecular formula is C23H25FN4O3. The van der Waals surface area contributed by atoms with E-state index in [0.717, 1.165) is 5.56 Å². The number of aromatic nitrogens is 2. The maximum absolute atomic E-state index is 13.3. The smallest absolute Gasteiger partial charge is 0.281 e. The van der Waals surface area contributed by atoms with E-state index in [1.54, 1.807) is 26.2 Å². The van der Waals surface area contributed by atoms with Gasteiger partial charge in [-0.1, -0.05) is 13.8 Å². The fraction of sp³-hybridized carbons (Fsp3) is 0.261. The van der Waals surface area contributed by atoms with Gasteiger partial charge in [-0.05, 0) is 61.4 Å². The van der Waals surface area contributed by atoms with Crippen LogP contribution in [0.25, 0.3) is 16.9 Å². The number of benzene rings is 2. The predicted molar refractivity (Wildman–Crippen MR) is 118 cm³/mol. The minimum Gasteiger partial charge on any atom is -0.497 e. The van der Waals surface area contributed by atoms with E-state index >= 15 is 0 Å². The molecule has 0 atom stereocenters. The van der Waals surface area contributed by atoms with Crippen molar-refractivity contribution in [3.63, 3.8) is 0 Å². The molecule has 31 heavy (non-hydrogen) atoms. The van der Waals surface area contributed by atoms with E-state index in [1.807, 2.05) is 26.0 Å². The fourth-order valence-corrected chi connectivity index (χ4v) is 3.13. The molecule has 0 bridgehead atoms. The van der Waals surface area contributed by atoms with Gasteiger partial charge in [-0.2, -0.15) is 5.10 Å². The molecule has 0 spiro atoms. The Balaban J connectivity index is 2.09. The molecule has 0 aliphatic carbocycles. The largest absolute Gasteiger partial charge is 0.497 e. The second-order valence-corrected chi connectivity index (χ2v) is 7.54. The molecule has 1 heterocycles. The molecule has 1 aromatic heterocycles. The van der Waals surface area contributed by atoms with Gasteiger partial charge in [-0.25, -0.2) is 14.5 Å². The number of hydrogen-bond donors (Lipinski definition) is 2. The van der Waals surface area contributed by atoms with Crippen molar-refractivity contribution < 1.29 is 13.9 Å². The highest BCUT2D eigenvalue weighted by atomic mass is 19.1. The summed E-state index contributed by atoms with van der Waals surface area (Å²) in [7, 11) is 1.57. The molecule has 2 aromatic carbocycles. The van der Waals surface area contributed by atoms with Gasteiger partial charge >= 0.3 is 0 Å². The number of rotatable bonds is 7. The first-order valence-electron chi connectivity index (χ1n) is 9.89. The van der Waals surface area contributed by atoms with E-state index in [-0.39, 0.29) is 17.4 Å². The maximum Gasteiger partial charge on any atom is 0.281 e. The van der Waals surface area contributed by atoms with Gasteiger partial charge in [-0.15, -0.1) is 0 Å². The molecule has 0 unspecified atom stereocenters. The topological polar surface area (TPSA) is 88.5 Å². The lowest BCUT2D eigenvalue weighted by atomic mass is 10.1. The van der Waals surface area contributed by atoms with Crippen molar-refractivity contribution >= 4 is 11.6 Å². The molecule has 1 amide bonds. The molecule has 3 rings (SSSR count). The third kappa shape index (κ3) is 5.09. The summed E-state index contributed by atoms with van der Waals surface area (Å²) < 4.78 is 19.9. The van der Waals surface area contributed by atoms with Crippen LogP contribution < -0.4 is 15.7 Å². The van der Waals surface area contributed by atoms with Crippen LogP contribution in [0.15, 0.2) is 58.4 Å². The molecule has 2 N–H and O–H groups in total. The Bertz CT molecular complexity index is 1140. The van der Waals surface area contributed by atoms with Gasteiger partial charge in [0.15, 0.2) is 0 Å². The second-order valence-electron chi connectivity index (χ2n) is 7.54. The van der Waals surface area contributed by atoms with Crippen LogP contribution in [0.3, 0.4) is 0 Å². The average molecular weight is 424 g/mol. The van der Waals surface area contributed by atoms with E-state index in [4.69, 9.17) is 4.74 Å². The third-order valence-corrected chi connectivity index (χ3v) is 4.66. The van der Waals surface area contributed by atoms with Crippen molar-refractivity contribution in [3.8, 4) is 22.7 Å². The maximum atomic E-state index is 13.3. The second kappa shape index (κ2) is 9.42. The van der Waals surface area contributed by atoms with Crippen LogP contribution >= 0.6 is 0 Å². The monoisotopic (exact) mass is 424 g/mol. The molecule has 0 aliphatic heterocycles. The number of hydrazone groups is 1. The lowest BCUT2D eigenvalue weighted by Gasteiger charge is -2.06. The summed E-state index contributed by atoms with van der Waals surface area (Å²) in [4.78, 5) is 25.3. The van der Waals surface area contributed by atoms with E-state index in [2.05, 4.69) is 15.6 Å². The molecule has 0 saturated heterocycles. The number of ether oxygens (including phenoxy) is 1. The van der Waals surface area contributed by atoms with Gasteiger partial charge in [0.05, 0.1) is 29.8 Å². The average Bonchev–Trinajstić information content (AvgIpc) is 3.09. The molecule has 8 heteroatoms. The molecule has 0 radical (unpaired) electrons. The number of carbonyl (C=O) groups is 1. The lowest BCUT2D eigenvalue weighted by Crippen LogP contribution is -2.24. The van der Waals surface area contributed by atoms with Gasteiger partial charge in [0.2, 0.25) is 5.91 Å². The zero-order chi connectivity index (χ0) is 22.5. The fourth-order valence-electron chi connectivity index (χ4n) is 3.13. The van der Waals surface area contributed by atoms with Gasteiger partial charge in [0.1, 0.15) is 11.6 Å². The molecule has 7 nitrogen and oxygen atoms in total. The van der Waals surface area contributed by atoms with Crippen molar-refractivity contribution in [2.24, 2.45) is 11.0 Å². The predicted octanol–water partition coefficient (Wildman–Crippen LogP) is 3.87. The number of H-pyrrole nitrogens is 1. The zero-order valence-corrected chi connectivity index (χ0v) is 17.9. The van der Waals surface area contributed by atoms with Crippen LogP contribution in [0, 0.1) is 11.7 Å². The standard InChI is InChI=1S/C23H25FN4O3/c1-14(2)13-20(29)26-25-15(3)21-22(16-5-11-19(31-4)12-6-16)27-28(23(21)30)18-9-7-17(24)8-10-18/h5-12,14,27H,13H2,1-4H3,(H,26,29). The van der Waals surface area contributed by atoms with Crippen LogP contribution in [0.5, 0.6) is 5.75 Å². The first-order valence-corrected chi connectivity index (χ1v) is 9.89. The SMILES string of the molecule is COc1ccc(-c2[nH]n(-c3ccc(F)cc3)c(=O)c2C(C)=NNC(=O)CC(C)C)cc1. The highest BCUT2D eigenvalue weighted by Gasteiger charge is 2.20. The molecule has 0 aliphatic rings. The van der Waals surface area contributed by atoms with Crippen molar-refractivity contribution in [1.29, 1.82) is 0 Å². The molecule has 3 aromatic rings. The van der Waals surface area contributed by atoms with Crippen molar-refractivity contribution in [2.45, 2.75) is 27.2 Å². The summed E-state index contributed by atoms with van der Waals surface area (Å²) in [6.07, 6.45) is 0.328. The van der Waals surface area contributed by atoms with E-state index < -0.39 is 5.82 Å². The summed E-state index contributed by atoms with van der Waals surface area (Å²) in [6.45, 7) is 5.53. The van der Waals surface area contributed by atoms with Crippen LogP contribution in [-0.4, -0.2) is 28.5 Å². The van der Waals surface area contributed by atoms with Crippen LogP contribution in [0.2, 0.25) is 0 Å². The van der Waals surface area contributed by atoms with Crippen molar-refractivity contribution in [1.82, 2.24) is 15.2 Å². The van der Waals surface area contributed by atoms with Gasteiger partial charge in [-0.3, -0.25) is 14.7 Å². The molecular weight excluding hydrogens is 399 g/mol. The summed E-state index contributed by atoms with van der Waals surface area (Å²) in [5.41, 5.74) is 4.54. The molecule has 0 saturated carbocycles. The van der Waals surface area contributed by atoms with Gasteiger partial charge < -0.3 is 4.74 Å². The number of hydrogen-bond acceptors (Lipinski definition) is 4. The quantitative estimate of drug-likeness (QED) is 0.446. The number of halogens is 1. The summed E-state index contributed by atoms with van der Waals surface area (Å²) in [5, 5.41) is 7.24. The van der Waals surface area contributed by atoms with E-state index in [1.165, 1.54) is 28.9 Å². The third-order valence-electron chi connectivity index (χ3n) is 4.66. The summed E-state index contributed by atoms with van der Waals surface area (Å²) in [5.74, 6) is 0.240. The van der Waals surface area contributed by atoms with Gasteiger partial charge in [0.25, 0.3) is 5.56 Å². The van der Waals surface area contributed by atoms with Crippen molar-refractivity contribution in [3.05, 3.63) is 70.3 Å². The Kier molecular flexibility index (Phi) is 6.69. The first kappa shape index (κ1) is 22.0. The number of aromatic amines is 1. The Morgan fingerprint density at radius 1 is 1.16 bits per heavy atom. The summed E-state index contributed by atoms with van der Waals surface area (Å²) in [6, 6.07) is 12.8. The zero-order valence-electron chi connectivity index (χ0n) is 17.9. The van der Waals surface area contributed by atoms with E-state index in [0.29, 0.717) is 34.8 Å². The molecule has 162 valence electrons. The highest BCUT2D eigenvalue weighted by molar-refractivity contribution is 6.04. The number of amides is 1. The normalized spacial score (nSPS) is 11.6. The molecule has 0 fully saturated rings. The Labute approximate surface area is 179 Å². The van der Waals surface area contributed by atoms with Gasteiger partial charge in [0, 0.05) is 12.0 Å². The van der Waals surface area contributed by atoms with Crippen LogP contribution in [0.1, 0.15) is 32.8 Å². The van der Waals surface area contributed by atoms with Crippen LogP contribution in [-0.2, 0) is 4.79 Å². The Hall–Kier alpha value is -3.68. The van der Waals surface area contributed by atoms with Crippen molar-refractivity contribution in [2.75, 3.05) is 7.11 Å². The highest BCUT2D eigenvalue weighted by Crippen LogP contribution is 2.24. The minimum absolute atomic E-state index is 0.188.